The number of nitro groups is 1. The molecule has 0 bridgehead atoms. The quantitative estimate of drug-likeness (QED) is 0.591. The van der Waals surface area contributed by atoms with E-state index < -0.39 is 43.3 Å². The van der Waals surface area contributed by atoms with Gasteiger partial charge in [0.05, 0.1) is 27.2 Å². The highest BCUT2D eigenvalue weighted by Gasteiger charge is 2.29. The van der Waals surface area contributed by atoms with E-state index in [1.54, 1.807) is 0 Å². The van der Waals surface area contributed by atoms with Crippen LogP contribution in [0.3, 0.4) is 0 Å². The van der Waals surface area contributed by atoms with Gasteiger partial charge in [-0.1, -0.05) is 12.1 Å². The molecule has 10 heteroatoms. The Bertz CT molecular complexity index is 731. The van der Waals surface area contributed by atoms with Crippen LogP contribution < -0.4 is 5.32 Å². The summed E-state index contributed by atoms with van der Waals surface area (Å²) < 4.78 is 34.7. The number of benzene rings is 1. The van der Waals surface area contributed by atoms with Crippen LogP contribution in [0.5, 0.6) is 0 Å². The number of amides is 1. The number of nitro benzene ring substituents is 1. The Labute approximate surface area is 129 Å². The maximum atomic E-state index is 12.1. The largest absolute Gasteiger partial charge is 0.352 e. The van der Waals surface area contributed by atoms with Crippen LogP contribution in [0.2, 0.25) is 0 Å². The van der Waals surface area contributed by atoms with Crippen LogP contribution in [0.25, 0.3) is 0 Å². The fraction of sp³-hybridized carbons (Fsp3) is 0.417. The number of nitrogens with one attached hydrogen (secondary N) is 1. The summed E-state index contributed by atoms with van der Waals surface area (Å²) in [5, 5.41) is 13.4. The van der Waals surface area contributed by atoms with E-state index in [1.165, 1.54) is 24.3 Å². The molecule has 2 atom stereocenters. The molecule has 2 unspecified atom stereocenters. The van der Waals surface area contributed by atoms with Crippen molar-refractivity contribution in [2.45, 2.75) is 17.4 Å². The maximum Gasteiger partial charge on any atom is 0.285 e. The summed E-state index contributed by atoms with van der Waals surface area (Å²) in [7, 11) is -4.99. The van der Waals surface area contributed by atoms with Gasteiger partial charge >= 0.3 is 0 Å². The Morgan fingerprint density at radius 2 is 2.09 bits per heavy atom. The molecule has 120 valence electrons. The third-order valence-electron chi connectivity index (χ3n) is 3.17. The maximum absolute atomic E-state index is 12.1. The molecule has 0 spiro atoms. The van der Waals surface area contributed by atoms with Crippen molar-refractivity contribution in [1.29, 1.82) is 0 Å². The van der Waals surface area contributed by atoms with Crippen molar-refractivity contribution in [3.8, 4) is 0 Å². The topological polar surface area (TPSA) is 123 Å². The third-order valence-corrected chi connectivity index (χ3v) is 6.30. The van der Waals surface area contributed by atoms with E-state index in [4.69, 9.17) is 0 Å². The monoisotopic (exact) mass is 346 g/mol. The van der Waals surface area contributed by atoms with Gasteiger partial charge in [0.2, 0.25) is 5.91 Å². The van der Waals surface area contributed by atoms with Gasteiger partial charge in [0.15, 0.2) is 9.84 Å². The lowest BCUT2D eigenvalue weighted by Gasteiger charge is -2.10. The number of carbonyl (C=O) groups excluding carboxylic acids is 1. The van der Waals surface area contributed by atoms with Crippen LogP contribution >= 0.6 is 0 Å². The molecule has 1 N–H and O–H groups in total. The molecule has 0 saturated carbocycles. The second-order valence-corrected chi connectivity index (χ2v) is 8.53. The van der Waals surface area contributed by atoms with E-state index in [9.17, 15) is 27.5 Å². The molecule has 2 rings (SSSR count). The third kappa shape index (κ3) is 4.10. The molecule has 1 amide bonds. The van der Waals surface area contributed by atoms with Crippen molar-refractivity contribution in [2.24, 2.45) is 0 Å². The first-order chi connectivity index (χ1) is 10.3. The number of nitrogens with zero attached hydrogens (tertiary/aromatic N) is 1. The fourth-order valence-electron chi connectivity index (χ4n) is 2.18. The molecule has 1 aromatic rings. The number of hydrogen-bond donors (Lipinski definition) is 1. The second-order valence-electron chi connectivity index (χ2n) is 4.88. The first-order valence-electron chi connectivity index (χ1n) is 6.40. The van der Waals surface area contributed by atoms with E-state index in [-0.39, 0.29) is 22.1 Å². The highest BCUT2D eigenvalue weighted by molar-refractivity contribution is 7.91. The predicted octanol–water partition coefficient (Wildman–Crippen LogP) is 0.00570. The van der Waals surface area contributed by atoms with E-state index in [0.717, 1.165) is 0 Å². The van der Waals surface area contributed by atoms with E-state index in [0.29, 0.717) is 6.42 Å². The Kier molecular flexibility index (Phi) is 4.91. The zero-order valence-electron chi connectivity index (χ0n) is 11.4. The van der Waals surface area contributed by atoms with Crippen molar-refractivity contribution >= 4 is 32.2 Å². The summed E-state index contributed by atoms with van der Waals surface area (Å²) in [5.74, 6) is -1.14. The van der Waals surface area contributed by atoms with Crippen LogP contribution in [-0.2, 0) is 25.4 Å². The average molecular weight is 346 g/mol. The first-order valence-corrected chi connectivity index (χ1v) is 9.54. The summed E-state index contributed by atoms with van der Waals surface area (Å²) in [5.41, 5.74) is -0.308. The highest BCUT2D eigenvalue weighted by atomic mass is 32.2. The number of hydrogen-bond acceptors (Lipinski definition) is 6. The standard InChI is InChI=1S/C12H14N2O6S2/c15-12(13-9-5-6-22(19,20)8-9)7-21(18)11-4-2-1-3-10(11)14(16)17/h1-4,9H,5-8H2,(H,13,15). The van der Waals surface area contributed by atoms with E-state index in [2.05, 4.69) is 5.32 Å². The van der Waals surface area contributed by atoms with Gasteiger partial charge < -0.3 is 5.32 Å². The van der Waals surface area contributed by atoms with Gasteiger partial charge in [0.1, 0.15) is 10.6 Å². The summed E-state index contributed by atoms with van der Waals surface area (Å²) in [6.45, 7) is 0. The van der Waals surface area contributed by atoms with Crippen molar-refractivity contribution in [2.75, 3.05) is 17.3 Å². The lowest BCUT2D eigenvalue weighted by molar-refractivity contribution is -0.387. The zero-order valence-corrected chi connectivity index (χ0v) is 13.1. The normalized spacial score (nSPS) is 21.2. The minimum absolute atomic E-state index is 0.0190. The van der Waals surface area contributed by atoms with Crippen molar-refractivity contribution in [3.05, 3.63) is 34.4 Å². The first kappa shape index (κ1) is 16.6. The predicted molar refractivity (Wildman–Crippen MR) is 79.6 cm³/mol. The molecule has 1 aliphatic heterocycles. The van der Waals surface area contributed by atoms with Crippen LogP contribution in [0.1, 0.15) is 6.42 Å². The van der Waals surface area contributed by atoms with Crippen molar-refractivity contribution in [3.63, 3.8) is 0 Å². The van der Waals surface area contributed by atoms with Gasteiger partial charge in [-0.2, -0.15) is 0 Å². The Morgan fingerprint density at radius 1 is 1.41 bits per heavy atom. The lowest BCUT2D eigenvalue weighted by Crippen LogP contribution is -2.38. The second kappa shape index (κ2) is 6.53. The van der Waals surface area contributed by atoms with E-state index in [1.807, 2.05) is 0 Å². The van der Waals surface area contributed by atoms with Gasteiger partial charge in [-0.05, 0) is 12.5 Å². The van der Waals surface area contributed by atoms with Crippen LogP contribution in [0.4, 0.5) is 5.69 Å². The molecule has 22 heavy (non-hydrogen) atoms. The van der Waals surface area contributed by atoms with E-state index >= 15 is 0 Å². The number of sulfone groups is 1. The molecular formula is C12H14N2O6S2. The molecule has 1 fully saturated rings. The minimum atomic E-state index is -3.12. The highest BCUT2D eigenvalue weighted by Crippen LogP contribution is 2.21. The molecule has 1 heterocycles. The van der Waals surface area contributed by atoms with Crippen LogP contribution in [0, 0.1) is 10.1 Å². The zero-order chi connectivity index (χ0) is 16.3. The summed E-state index contributed by atoms with van der Waals surface area (Å²) in [6, 6.07) is 5.01. The van der Waals surface area contributed by atoms with Crippen molar-refractivity contribution < 1.29 is 22.3 Å². The molecule has 0 aromatic heterocycles. The summed E-state index contributed by atoms with van der Waals surface area (Å²) in [4.78, 5) is 22.0. The number of rotatable bonds is 5. The Hall–Kier alpha value is -1.81. The number of carbonyl (C=O) groups is 1. The summed E-state index contributed by atoms with van der Waals surface area (Å²) >= 11 is 0. The van der Waals surface area contributed by atoms with Crippen LogP contribution in [0.15, 0.2) is 29.2 Å². The molecule has 1 aliphatic rings. The molecule has 8 nitrogen and oxygen atoms in total. The molecular weight excluding hydrogens is 332 g/mol. The van der Waals surface area contributed by atoms with Gasteiger partial charge in [-0.25, -0.2) is 8.42 Å². The Balaban J connectivity index is 2.00. The summed E-state index contributed by atoms with van der Waals surface area (Å²) in [6.07, 6.45) is 0.326. The van der Waals surface area contributed by atoms with Crippen molar-refractivity contribution in [1.82, 2.24) is 5.32 Å². The van der Waals surface area contributed by atoms with Gasteiger partial charge in [-0.15, -0.1) is 0 Å². The van der Waals surface area contributed by atoms with Gasteiger partial charge in [-0.3, -0.25) is 19.1 Å². The molecule has 1 saturated heterocycles. The molecule has 0 aliphatic carbocycles. The smallest absolute Gasteiger partial charge is 0.285 e. The van der Waals surface area contributed by atoms with Gasteiger partial charge in [0, 0.05) is 12.1 Å². The fourth-order valence-corrected chi connectivity index (χ4v) is 4.93. The molecule has 1 aromatic carbocycles. The lowest BCUT2D eigenvalue weighted by atomic mass is 10.3. The SMILES string of the molecule is O=C(CS(=O)c1ccccc1[N+](=O)[O-])NC1CCS(=O)(=O)C1. The number of para-hydroxylation sites is 1. The Morgan fingerprint density at radius 3 is 2.68 bits per heavy atom. The average Bonchev–Trinajstić information content (AvgIpc) is 2.77. The van der Waals surface area contributed by atoms with Crippen LogP contribution in [-0.4, -0.2) is 46.8 Å². The van der Waals surface area contributed by atoms with Gasteiger partial charge in [0.25, 0.3) is 5.69 Å². The minimum Gasteiger partial charge on any atom is -0.352 e. The molecule has 0 radical (unpaired) electrons.